The van der Waals surface area contributed by atoms with Crippen molar-refractivity contribution in [2.45, 2.75) is 45.9 Å². The van der Waals surface area contributed by atoms with Crippen LogP contribution in [0.15, 0.2) is 18.3 Å². The van der Waals surface area contributed by atoms with Crippen LogP contribution in [0.2, 0.25) is 0 Å². The van der Waals surface area contributed by atoms with Gasteiger partial charge >= 0.3 is 0 Å². The van der Waals surface area contributed by atoms with Crippen molar-refractivity contribution >= 4 is 0 Å². The highest BCUT2D eigenvalue weighted by Gasteiger charge is 2.21. The summed E-state index contributed by atoms with van der Waals surface area (Å²) in [5.41, 5.74) is 4.96. The second-order valence-corrected chi connectivity index (χ2v) is 4.27. The molecule has 0 saturated carbocycles. The van der Waals surface area contributed by atoms with Crippen LogP contribution < -0.4 is 11.3 Å². The van der Waals surface area contributed by atoms with Gasteiger partial charge in [0.1, 0.15) is 0 Å². The van der Waals surface area contributed by atoms with Crippen molar-refractivity contribution in [1.29, 1.82) is 0 Å². The lowest BCUT2D eigenvalue weighted by molar-refractivity contribution is -0.153. The topological polar surface area (TPSA) is 69.4 Å². The molecule has 0 bridgehead atoms. The molecule has 5 nitrogen and oxygen atoms in total. The van der Waals surface area contributed by atoms with Gasteiger partial charge in [-0.2, -0.15) is 0 Å². The Bertz CT molecular complexity index is 337. The van der Waals surface area contributed by atoms with E-state index >= 15 is 0 Å². The maximum absolute atomic E-state index is 5.60. The SMILES string of the molecule is CCOC(OCC)C(Cc1ccc(CC)cn1)NN. The van der Waals surface area contributed by atoms with Gasteiger partial charge in [0.15, 0.2) is 6.29 Å². The quantitative estimate of drug-likeness (QED) is 0.402. The van der Waals surface area contributed by atoms with Crippen molar-refractivity contribution in [2.24, 2.45) is 5.84 Å². The molecule has 108 valence electrons. The van der Waals surface area contributed by atoms with Gasteiger partial charge in [0.2, 0.25) is 0 Å². The minimum atomic E-state index is -0.354. The molecule has 3 N–H and O–H groups in total. The largest absolute Gasteiger partial charge is 0.351 e. The molecular formula is C14H25N3O2. The first-order valence-corrected chi connectivity index (χ1v) is 6.88. The summed E-state index contributed by atoms with van der Waals surface area (Å²) in [6, 6.07) is 4.00. The van der Waals surface area contributed by atoms with Gasteiger partial charge in [0, 0.05) is 31.5 Å². The van der Waals surface area contributed by atoms with Crippen molar-refractivity contribution in [3.63, 3.8) is 0 Å². The Morgan fingerprint density at radius 2 is 1.89 bits per heavy atom. The number of ether oxygens (including phenoxy) is 2. The van der Waals surface area contributed by atoms with Gasteiger partial charge in [-0.15, -0.1) is 0 Å². The second-order valence-electron chi connectivity index (χ2n) is 4.27. The molecule has 0 aliphatic heterocycles. The molecule has 0 radical (unpaired) electrons. The van der Waals surface area contributed by atoms with E-state index < -0.39 is 0 Å². The summed E-state index contributed by atoms with van der Waals surface area (Å²) in [7, 11) is 0. The van der Waals surface area contributed by atoms with Crippen LogP contribution in [0.25, 0.3) is 0 Å². The van der Waals surface area contributed by atoms with Gasteiger partial charge in [-0.1, -0.05) is 13.0 Å². The van der Waals surface area contributed by atoms with E-state index in [1.807, 2.05) is 26.1 Å². The predicted molar refractivity (Wildman–Crippen MR) is 75.5 cm³/mol. The predicted octanol–water partition coefficient (Wildman–Crippen LogP) is 1.42. The Morgan fingerprint density at radius 1 is 1.21 bits per heavy atom. The van der Waals surface area contributed by atoms with Crippen LogP contribution in [0.5, 0.6) is 0 Å². The van der Waals surface area contributed by atoms with Crippen LogP contribution in [-0.4, -0.2) is 30.5 Å². The van der Waals surface area contributed by atoms with E-state index in [-0.39, 0.29) is 12.3 Å². The number of aryl methyl sites for hydroxylation is 1. The average molecular weight is 267 g/mol. The lowest BCUT2D eigenvalue weighted by atomic mass is 10.1. The Labute approximate surface area is 115 Å². The molecule has 1 aromatic heterocycles. The van der Waals surface area contributed by atoms with Crippen LogP contribution in [0.3, 0.4) is 0 Å². The first-order chi connectivity index (χ1) is 9.24. The highest BCUT2D eigenvalue weighted by molar-refractivity contribution is 5.14. The zero-order valence-corrected chi connectivity index (χ0v) is 12.1. The van der Waals surface area contributed by atoms with Crippen LogP contribution in [0.1, 0.15) is 32.0 Å². The summed E-state index contributed by atoms with van der Waals surface area (Å²) in [4.78, 5) is 4.43. The Morgan fingerprint density at radius 3 is 2.32 bits per heavy atom. The van der Waals surface area contributed by atoms with Gasteiger partial charge in [-0.05, 0) is 31.9 Å². The van der Waals surface area contributed by atoms with Gasteiger partial charge in [0.05, 0.1) is 6.04 Å². The molecule has 0 amide bonds. The van der Waals surface area contributed by atoms with E-state index in [9.17, 15) is 0 Å². The fraction of sp³-hybridized carbons (Fsp3) is 0.643. The minimum Gasteiger partial charge on any atom is -0.351 e. The van der Waals surface area contributed by atoms with Gasteiger partial charge < -0.3 is 9.47 Å². The van der Waals surface area contributed by atoms with Crippen LogP contribution in [0.4, 0.5) is 0 Å². The average Bonchev–Trinajstić information content (AvgIpc) is 2.45. The lowest BCUT2D eigenvalue weighted by Gasteiger charge is -2.25. The van der Waals surface area contributed by atoms with E-state index in [0.717, 1.165) is 12.1 Å². The molecule has 0 aliphatic rings. The van der Waals surface area contributed by atoms with Crippen molar-refractivity contribution in [2.75, 3.05) is 13.2 Å². The van der Waals surface area contributed by atoms with E-state index in [1.54, 1.807) is 0 Å². The summed E-state index contributed by atoms with van der Waals surface area (Å²) >= 11 is 0. The number of hydrogen-bond donors (Lipinski definition) is 2. The molecule has 1 unspecified atom stereocenters. The Balaban J connectivity index is 2.67. The number of nitrogens with two attached hydrogens (primary N) is 1. The Hall–Kier alpha value is -1.01. The van der Waals surface area contributed by atoms with Crippen molar-refractivity contribution < 1.29 is 9.47 Å². The maximum Gasteiger partial charge on any atom is 0.174 e. The van der Waals surface area contributed by atoms with Crippen molar-refractivity contribution in [3.05, 3.63) is 29.6 Å². The number of aromatic nitrogens is 1. The molecule has 0 fully saturated rings. The molecule has 5 heteroatoms. The standard InChI is InChI=1S/C14H25N3O2/c1-4-11-7-8-12(16-10-11)9-13(17-15)14(18-5-2)19-6-3/h7-8,10,13-14,17H,4-6,9,15H2,1-3H3. The van der Waals surface area contributed by atoms with Crippen LogP contribution in [0, 0.1) is 0 Å². The third-order valence-corrected chi connectivity index (χ3v) is 2.93. The number of rotatable bonds is 9. The number of nitrogens with zero attached hydrogens (tertiary/aromatic N) is 1. The molecule has 0 aliphatic carbocycles. The van der Waals surface area contributed by atoms with Crippen LogP contribution in [-0.2, 0) is 22.3 Å². The molecular weight excluding hydrogens is 242 g/mol. The highest BCUT2D eigenvalue weighted by atomic mass is 16.7. The summed E-state index contributed by atoms with van der Waals surface area (Å²) in [5.74, 6) is 5.60. The zero-order chi connectivity index (χ0) is 14.1. The maximum atomic E-state index is 5.60. The lowest BCUT2D eigenvalue weighted by Crippen LogP contribution is -2.48. The third kappa shape index (κ3) is 5.24. The second kappa shape index (κ2) is 8.98. The molecule has 1 heterocycles. The van der Waals surface area contributed by atoms with Crippen molar-refractivity contribution in [1.82, 2.24) is 10.4 Å². The van der Waals surface area contributed by atoms with E-state index in [0.29, 0.717) is 19.6 Å². The number of hydrogen-bond acceptors (Lipinski definition) is 5. The van der Waals surface area contributed by atoms with Gasteiger partial charge in [-0.3, -0.25) is 16.3 Å². The molecule has 0 spiro atoms. The number of hydrazine groups is 1. The fourth-order valence-corrected chi connectivity index (χ4v) is 1.85. The van der Waals surface area contributed by atoms with Crippen molar-refractivity contribution in [3.8, 4) is 0 Å². The molecule has 19 heavy (non-hydrogen) atoms. The number of pyridine rings is 1. The van der Waals surface area contributed by atoms with E-state index in [1.165, 1.54) is 5.56 Å². The van der Waals surface area contributed by atoms with E-state index in [4.69, 9.17) is 15.3 Å². The molecule has 1 rings (SSSR count). The highest BCUT2D eigenvalue weighted by Crippen LogP contribution is 2.09. The number of nitrogens with one attached hydrogen (secondary N) is 1. The molecule has 0 aromatic carbocycles. The normalized spacial score (nSPS) is 12.9. The smallest absolute Gasteiger partial charge is 0.174 e. The fourth-order valence-electron chi connectivity index (χ4n) is 1.85. The van der Waals surface area contributed by atoms with Gasteiger partial charge in [0.25, 0.3) is 0 Å². The summed E-state index contributed by atoms with van der Waals surface area (Å²) in [5, 5.41) is 0. The molecule has 1 atom stereocenters. The third-order valence-electron chi connectivity index (χ3n) is 2.93. The van der Waals surface area contributed by atoms with Gasteiger partial charge in [-0.25, -0.2) is 0 Å². The first kappa shape index (κ1) is 16.0. The first-order valence-electron chi connectivity index (χ1n) is 6.88. The zero-order valence-electron chi connectivity index (χ0n) is 12.1. The molecule has 0 saturated heterocycles. The summed E-state index contributed by atoms with van der Waals surface area (Å²) in [6.45, 7) is 7.17. The Kier molecular flexibility index (Phi) is 7.59. The summed E-state index contributed by atoms with van der Waals surface area (Å²) in [6.07, 6.45) is 3.21. The summed E-state index contributed by atoms with van der Waals surface area (Å²) < 4.78 is 11.1. The van der Waals surface area contributed by atoms with E-state index in [2.05, 4.69) is 23.4 Å². The molecule has 1 aromatic rings. The minimum absolute atomic E-state index is 0.111. The van der Waals surface area contributed by atoms with Crippen LogP contribution >= 0.6 is 0 Å². The monoisotopic (exact) mass is 267 g/mol.